The molecule has 0 aromatic heterocycles. The SMILES string of the molecule is CC1=C[C@@H]2CC[C@@H](C)[C@H](C)[C@@H]2[C@@H](C(=O)C2=C(C)C(C)C(=O)N2)[C@@H]1C[C@@H]1O[C@]2(CC[C@@H](C)[C@H](c3cc(C)cc(C)c3)O2)[C@H](C)C[C@H]1C. The van der Waals surface area contributed by atoms with Crippen molar-refractivity contribution in [2.75, 3.05) is 0 Å². The Bertz CT molecular complexity index is 1400. The molecule has 2 aliphatic carbocycles. The first-order valence-corrected chi connectivity index (χ1v) is 18.4. The van der Waals surface area contributed by atoms with E-state index in [-0.39, 0.29) is 53.5 Å². The number of allylic oxidation sites excluding steroid dienone is 3. The minimum absolute atomic E-state index is 0.00251. The van der Waals surface area contributed by atoms with E-state index in [4.69, 9.17) is 9.47 Å². The van der Waals surface area contributed by atoms with E-state index in [1.165, 1.54) is 28.7 Å². The number of aryl methyl sites for hydroxylation is 2. The minimum Gasteiger partial charge on any atom is -0.346 e. The maximum atomic E-state index is 14.8. The highest BCUT2D eigenvalue weighted by Gasteiger charge is 2.54. The van der Waals surface area contributed by atoms with Gasteiger partial charge in [-0.1, -0.05) is 75.6 Å². The molecule has 3 fully saturated rings. The largest absolute Gasteiger partial charge is 0.346 e. The van der Waals surface area contributed by atoms with Crippen molar-refractivity contribution in [2.45, 2.75) is 126 Å². The van der Waals surface area contributed by atoms with Gasteiger partial charge in [-0.2, -0.15) is 0 Å². The molecule has 5 aliphatic rings. The van der Waals surface area contributed by atoms with Crippen molar-refractivity contribution in [3.05, 3.63) is 57.8 Å². The van der Waals surface area contributed by atoms with Crippen LogP contribution in [-0.2, 0) is 19.1 Å². The monoisotopic (exact) mass is 629 g/mol. The number of carbonyl (C=O) groups is 2. The molecule has 1 N–H and O–H groups in total. The Labute approximate surface area is 278 Å². The van der Waals surface area contributed by atoms with Crippen LogP contribution >= 0.6 is 0 Å². The Hall–Kier alpha value is -2.24. The Balaban J connectivity index is 1.33. The highest BCUT2D eigenvalue weighted by Crippen LogP contribution is 2.55. The van der Waals surface area contributed by atoms with Gasteiger partial charge in [0, 0.05) is 18.3 Å². The molecule has 1 saturated carbocycles. The second-order valence-electron chi connectivity index (χ2n) is 16.6. The number of ether oxygens (including phenoxy) is 2. The van der Waals surface area contributed by atoms with Crippen molar-refractivity contribution in [1.82, 2.24) is 5.32 Å². The Morgan fingerprint density at radius 3 is 2.24 bits per heavy atom. The highest BCUT2D eigenvalue weighted by atomic mass is 16.7. The first-order valence-electron chi connectivity index (χ1n) is 18.4. The number of hydrogen-bond acceptors (Lipinski definition) is 4. The van der Waals surface area contributed by atoms with Gasteiger partial charge < -0.3 is 14.8 Å². The molecule has 46 heavy (non-hydrogen) atoms. The zero-order valence-electron chi connectivity index (χ0n) is 30.1. The van der Waals surface area contributed by atoms with E-state index in [1.807, 2.05) is 13.8 Å². The summed E-state index contributed by atoms with van der Waals surface area (Å²) in [5.74, 6) is 1.88. The molecule has 5 heteroatoms. The van der Waals surface area contributed by atoms with Crippen LogP contribution in [0.5, 0.6) is 0 Å². The number of nitrogens with one attached hydrogen (secondary N) is 1. The molecule has 1 spiro atoms. The van der Waals surface area contributed by atoms with Gasteiger partial charge >= 0.3 is 0 Å². The van der Waals surface area contributed by atoms with Crippen LogP contribution in [0.1, 0.15) is 117 Å². The van der Waals surface area contributed by atoms with Crippen molar-refractivity contribution in [3.63, 3.8) is 0 Å². The van der Waals surface area contributed by atoms with Crippen molar-refractivity contribution in [1.29, 1.82) is 0 Å². The fourth-order valence-electron chi connectivity index (χ4n) is 10.2. The normalized spacial score (nSPS) is 42.9. The van der Waals surface area contributed by atoms with Crippen LogP contribution in [0.2, 0.25) is 0 Å². The van der Waals surface area contributed by atoms with E-state index in [0.717, 1.165) is 37.7 Å². The fraction of sp³-hybridized carbons (Fsp3) is 0.707. The second kappa shape index (κ2) is 12.7. The van der Waals surface area contributed by atoms with E-state index in [9.17, 15) is 9.59 Å². The lowest BCUT2D eigenvalue weighted by Crippen LogP contribution is -2.55. The van der Waals surface area contributed by atoms with Gasteiger partial charge in [0.15, 0.2) is 11.6 Å². The van der Waals surface area contributed by atoms with Crippen LogP contribution in [0, 0.1) is 73.0 Å². The molecule has 2 saturated heterocycles. The number of rotatable bonds is 5. The molecular weight excluding hydrogens is 570 g/mol. The van der Waals surface area contributed by atoms with Crippen molar-refractivity contribution < 1.29 is 19.1 Å². The number of Topliss-reactive ketones (excluding diaryl/α,β-unsaturated/α-hetero) is 1. The molecule has 0 bridgehead atoms. The average Bonchev–Trinajstić information content (AvgIpc) is 3.25. The van der Waals surface area contributed by atoms with E-state index < -0.39 is 5.79 Å². The number of fused-ring (bicyclic) bond motifs is 1. The summed E-state index contributed by atoms with van der Waals surface area (Å²) in [5, 5.41) is 3.02. The van der Waals surface area contributed by atoms with Gasteiger partial charge in [0.25, 0.3) is 0 Å². The molecule has 1 aromatic carbocycles. The van der Waals surface area contributed by atoms with Crippen molar-refractivity contribution in [3.8, 4) is 0 Å². The summed E-state index contributed by atoms with van der Waals surface area (Å²) < 4.78 is 14.5. The zero-order chi connectivity index (χ0) is 33.2. The summed E-state index contributed by atoms with van der Waals surface area (Å²) in [4.78, 5) is 27.5. The van der Waals surface area contributed by atoms with Gasteiger partial charge in [-0.3, -0.25) is 9.59 Å². The average molecular weight is 630 g/mol. The maximum Gasteiger partial charge on any atom is 0.231 e. The molecule has 0 radical (unpaired) electrons. The number of ketones is 1. The van der Waals surface area contributed by atoms with Crippen LogP contribution in [0.25, 0.3) is 0 Å². The number of carbonyl (C=O) groups excluding carboxylic acids is 2. The molecule has 13 atom stereocenters. The summed E-state index contributed by atoms with van der Waals surface area (Å²) in [6.45, 7) is 22.2. The lowest BCUT2D eigenvalue weighted by molar-refractivity contribution is -0.356. The van der Waals surface area contributed by atoms with Crippen molar-refractivity contribution >= 4 is 11.7 Å². The van der Waals surface area contributed by atoms with E-state index in [1.54, 1.807) is 0 Å². The third-order valence-corrected chi connectivity index (χ3v) is 13.4. The summed E-state index contributed by atoms with van der Waals surface area (Å²) in [5.41, 5.74) is 6.59. The molecule has 3 aliphatic heterocycles. The maximum absolute atomic E-state index is 14.8. The summed E-state index contributed by atoms with van der Waals surface area (Å²) in [6, 6.07) is 6.81. The predicted molar refractivity (Wildman–Crippen MR) is 184 cm³/mol. The third kappa shape index (κ3) is 5.87. The van der Waals surface area contributed by atoms with Crippen LogP contribution in [0.3, 0.4) is 0 Å². The number of hydrogen-bond donors (Lipinski definition) is 1. The van der Waals surface area contributed by atoms with E-state index in [2.05, 4.69) is 85.0 Å². The predicted octanol–water partition coefficient (Wildman–Crippen LogP) is 9.04. The van der Waals surface area contributed by atoms with Gasteiger partial charge in [-0.15, -0.1) is 0 Å². The van der Waals surface area contributed by atoms with Gasteiger partial charge in [0.05, 0.1) is 23.8 Å². The lowest BCUT2D eigenvalue weighted by Gasteiger charge is -2.54. The molecular formula is C41H59NO4. The quantitative estimate of drug-likeness (QED) is 0.330. The summed E-state index contributed by atoms with van der Waals surface area (Å²) >= 11 is 0. The topological polar surface area (TPSA) is 64.6 Å². The van der Waals surface area contributed by atoms with Crippen LogP contribution in [0.15, 0.2) is 41.1 Å². The Kier molecular flexibility index (Phi) is 9.26. The summed E-state index contributed by atoms with van der Waals surface area (Å²) in [7, 11) is 0. The number of amides is 1. The highest BCUT2D eigenvalue weighted by molar-refractivity contribution is 6.05. The standard InChI is InChI=1S/C41H59NO4/c1-21-15-22(2)17-32(16-21)39-24(4)13-14-41(46-39)27(7)18-26(6)34(45-41)20-33-25(5)19-31-12-11-23(3)28(8)35(31)36(33)38(43)37-29(9)30(10)40(44)42-37/h15-17,19,23-24,26-28,30-31,33-36,39H,11-14,18,20H2,1-10H3,(H,42,44)/t23-,24-,26-,27-,28+,30?,31+,33-,34+,35+,36+,39-,41+/m1/s1. The fourth-order valence-corrected chi connectivity index (χ4v) is 10.2. The molecule has 3 heterocycles. The van der Waals surface area contributed by atoms with E-state index >= 15 is 0 Å². The molecule has 1 aromatic rings. The Morgan fingerprint density at radius 2 is 1.59 bits per heavy atom. The first-order chi connectivity index (χ1) is 21.7. The van der Waals surface area contributed by atoms with Crippen LogP contribution in [0.4, 0.5) is 0 Å². The van der Waals surface area contributed by atoms with Gasteiger partial charge in [0.2, 0.25) is 5.91 Å². The zero-order valence-corrected chi connectivity index (χ0v) is 30.1. The molecule has 1 unspecified atom stereocenters. The van der Waals surface area contributed by atoms with E-state index in [0.29, 0.717) is 35.3 Å². The molecule has 5 nitrogen and oxygen atoms in total. The smallest absolute Gasteiger partial charge is 0.231 e. The minimum atomic E-state index is -0.624. The third-order valence-electron chi connectivity index (χ3n) is 13.4. The number of benzene rings is 1. The molecule has 6 rings (SSSR count). The van der Waals surface area contributed by atoms with Gasteiger partial charge in [-0.25, -0.2) is 0 Å². The summed E-state index contributed by atoms with van der Waals surface area (Å²) in [6.07, 6.45) is 8.66. The van der Waals surface area contributed by atoms with Gasteiger partial charge in [-0.05, 0) is 119 Å². The van der Waals surface area contributed by atoms with Gasteiger partial charge in [0.1, 0.15) is 0 Å². The van der Waals surface area contributed by atoms with Crippen LogP contribution in [-0.4, -0.2) is 23.6 Å². The lowest BCUT2D eigenvalue weighted by atomic mass is 9.54. The van der Waals surface area contributed by atoms with Crippen LogP contribution < -0.4 is 5.32 Å². The Morgan fingerprint density at radius 1 is 0.891 bits per heavy atom. The van der Waals surface area contributed by atoms with Crippen molar-refractivity contribution in [2.24, 2.45) is 59.2 Å². The second-order valence-corrected chi connectivity index (χ2v) is 16.6. The molecule has 252 valence electrons. The first kappa shape index (κ1) is 33.7. The molecule has 1 amide bonds.